The van der Waals surface area contributed by atoms with Crippen LogP contribution in [-0.2, 0) is 16.8 Å². The van der Waals surface area contributed by atoms with Gasteiger partial charge in [0.15, 0.2) is 11.5 Å². The highest BCUT2D eigenvalue weighted by atomic mass is 16.7. The summed E-state index contributed by atoms with van der Waals surface area (Å²) in [5, 5.41) is 0. The van der Waals surface area contributed by atoms with Crippen molar-refractivity contribution in [2.45, 2.75) is 43.7 Å². The number of benzene rings is 1. The Morgan fingerprint density at radius 2 is 2.10 bits per heavy atom. The highest BCUT2D eigenvalue weighted by molar-refractivity contribution is 5.93. The van der Waals surface area contributed by atoms with Gasteiger partial charge < -0.3 is 9.47 Å². The van der Waals surface area contributed by atoms with Crippen molar-refractivity contribution < 1.29 is 14.3 Å². The summed E-state index contributed by atoms with van der Waals surface area (Å²) in [6.45, 7) is 2.29. The third-order valence-corrected chi connectivity index (χ3v) is 5.63. The van der Waals surface area contributed by atoms with E-state index in [0.29, 0.717) is 18.6 Å². The minimum atomic E-state index is -0.257. The molecule has 4 heteroatoms. The third kappa shape index (κ3) is 1.15. The number of rotatable bonds is 0. The molecule has 1 unspecified atom stereocenters. The summed E-state index contributed by atoms with van der Waals surface area (Å²) in [6.07, 6.45) is 3.91. The van der Waals surface area contributed by atoms with Crippen molar-refractivity contribution in [2.75, 3.05) is 13.3 Å². The van der Waals surface area contributed by atoms with Crippen LogP contribution in [0.1, 0.15) is 36.8 Å². The SMILES string of the molecule is O=C1CCC[C@H]2N3CC[C@@]12c1cc2c(cc1C3)OCO2. The van der Waals surface area contributed by atoms with Crippen LogP contribution in [0.4, 0.5) is 0 Å². The number of ether oxygens (including phenoxy) is 2. The lowest BCUT2D eigenvalue weighted by Crippen LogP contribution is -2.53. The number of carbonyl (C=O) groups excluding carboxylic acids is 1. The highest BCUT2D eigenvalue weighted by Gasteiger charge is 2.58. The number of fused-ring (bicyclic) bond motifs is 2. The van der Waals surface area contributed by atoms with E-state index in [-0.39, 0.29) is 5.41 Å². The quantitative estimate of drug-likeness (QED) is 0.723. The standard InChI is InChI=1S/C16H17NO3/c18-15-3-1-2-14-16(15)4-5-17(14)8-10-6-12-13(7-11(10)16)20-9-19-12/h6-7,14H,1-5,8-9H2/t14-,16+/m1/s1. The zero-order chi connectivity index (χ0) is 13.3. The predicted molar refractivity (Wildman–Crippen MR) is 71.9 cm³/mol. The van der Waals surface area contributed by atoms with E-state index in [1.807, 2.05) is 0 Å². The van der Waals surface area contributed by atoms with Crippen LogP contribution < -0.4 is 9.47 Å². The largest absolute Gasteiger partial charge is 0.454 e. The van der Waals surface area contributed by atoms with Crippen molar-refractivity contribution in [3.05, 3.63) is 23.3 Å². The summed E-state index contributed by atoms with van der Waals surface area (Å²) in [6, 6.07) is 4.60. The number of hydrogen-bond donors (Lipinski definition) is 0. The molecule has 5 rings (SSSR count). The van der Waals surface area contributed by atoms with Gasteiger partial charge in [0.05, 0.1) is 5.41 Å². The summed E-state index contributed by atoms with van der Waals surface area (Å²) in [4.78, 5) is 15.3. The Morgan fingerprint density at radius 3 is 3.00 bits per heavy atom. The summed E-state index contributed by atoms with van der Waals surface area (Å²) in [7, 11) is 0. The van der Waals surface area contributed by atoms with Crippen molar-refractivity contribution in [1.29, 1.82) is 0 Å². The van der Waals surface area contributed by atoms with Gasteiger partial charge in [0.2, 0.25) is 6.79 Å². The van der Waals surface area contributed by atoms with Gasteiger partial charge in [-0.1, -0.05) is 0 Å². The normalized spacial score (nSPS) is 36.7. The Labute approximate surface area is 117 Å². The number of Topliss-reactive ketones (excluding diaryl/α,β-unsaturated/α-hetero) is 1. The van der Waals surface area contributed by atoms with Crippen LogP contribution in [-0.4, -0.2) is 30.1 Å². The molecule has 2 bridgehead atoms. The molecule has 4 aliphatic rings. The van der Waals surface area contributed by atoms with Crippen LogP contribution >= 0.6 is 0 Å². The number of carbonyl (C=O) groups is 1. The third-order valence-electron chi connectivity index (χ3n) is 5.63. The van der Waals surface area contributed by atoms with E-state index in [9.17, 15) is 4.79 Å². The average Bonchev–Trinajstić information content (AvgIpc) is 3.01. The molecule has 0 N–H and O–H groups in total. The van der Waals surface area contributed by atoms with Crippen molar-refractivity contribution in [3.8, 4) is 11.5 Å². The van der Waals surface area contributed by atoms with E-state index in [4.69, 9.17) is 9.47 Å². The van der Waals surface area contributed by atoms with Gasteiger partial charge in [-0.05, 0) is 42.5 Å². The molecule has 2 fully saturated rings. The fourth-order valence-electron chi connectivity index (χ4n) is 4.79. The molecule has 20 heavy (non-hydrogen) atoms. The molecule has 104 valence electrons. The monoisotopic (exact) mass is 271 g/mol. The van der Waals surface area contributed by atoms with Gasteiger partial charge in [0, 0.05) is 25.6 Å². The van der Waals surface area contributed by atoms with Gasteiger partial charge in [-0.15, -0.1) is 0 Å². The lowest BCUT2D eigenvalue weighted by atomic mass is 9.63. The van der Waals surface area contributed by atoms with Crippen molar-refractivity contribution >= 4 is 5.78 Å². The van der Waals surface area contributed by atoms with Crippen molar-refractivity contribution in [1.82, 2.24) is 4.90 Å². The van der Waals surface area contributed by atoms with Crippen LogP contribution in [0, 0.1) is 0 Å². The van der Waals surface area contributed by atoms with Gasteiger partial charge in [-0.3, -0.25) is 9.69 Å². The van der Waals surface area contributed by atoms with Crippen LogP contribution in [0.25, 0.3) is 0 Å². The summed E-state index contributed by atoms with van der Waals surface area (Å²) in [5.74, 6) is 2.09. The van der Waals surface area contributed by atoms with E-state index < -0.39 is 0 Å². The Hall–Kier alpha value is -1.55. The second kappa shape index (κ2) is 3.55. The van der Waals surface area contributed by atoms with Gasteiger partial charge in [0.1, 0.15) is 5.78 Å². The molecule has 1 aromatic rings. The molecular formula is C16H17NO3. The molecule has 3 atom stereocenters. The zero-order valence-electron chi connectivity index (χ0n) is 11.4. The van der Waals surface area contributed by atoms with E-state index in [1.54, 1.807) is 0 Å². The van der Waals surface area contributed by atoms with Gasteiger partial charge in [-0.2, -0.15) is 0 Å². The topological polar surface area (TPSA) is 38.8 Å². The summed E-state index contributed by atoms with van der Waals surface area (Å²) in [5.41, 5.74) is 2.23. The van der Waals surface area contributed by atoms with E-state index in [1.165, 1.54) is 11.1 Å². The molecule has 3 aliphatic heterocycles. The van der Waals surface area contributed by atoms with Crippen molar-refractivity contribution in [2.24, 2.45) is 0 Å². The first kappa shape index (κ1) is 11.1. The molecule has 1 saturated carbocycles. The fourth-order valence-corrected chi connectivity index (χ4v) is 4.79. The molecular weight excluding hydrogens is 254 g/mol. The second-order valence-electron chi connectivity index (χ2n) is 6.39. The van der Waals surface area contributed by atoms with Crippen LogP contribution in [0.15, 0.2) is 12.1 Å². The second-order valence-corrected chi connectivity index (χ2v) is 6.39. The Kier molecular flexibility index (Phi) is 1.98. The minimum absolute atomic E-state index is 0.257. The smallest absolute Gasteiger partial charge is 0.231 e. The average molecular weight is 271 g/mol. The van der Waals surface area contributed by atoms with Crippen LogP contribution in [0.2, 0.25) is 0 Å². The molecule has 0 amide bonds. The van der Waals surface area contributed by atoms with Crippen LogP contribution in [0.3, 0.4) is 0 Å². The molecule has 3 heterocycles. The molecule has 0 spiro atoms. The molecule has 1 saturated heterocycles. The summed E-state index contributed by atoms with van der Waals surface area (Å²) < 4.78 is 11.0. The van der Waals surface area contributed by atoms with E-state index in [0.717, 1.165) is 50.3 Å². The lowest BCUT2D eigenvalue weighted by Gasteiger charge is -2.45. The maximum Gasteiger partial charge on any atom is 0.231 e. The maximum absolute atomic E-state index is 12.8. The Morgan fingerprint density at radius 1 is 1.25 bits per heavy atom. The first-order valence-electron chi connectivity index (χ1n) is 7.49. The lowest BCUT2D eigenvalue weighted by molar-refractivity contribution is -0.128. The Balaban J connectivity index is 1.76. The predicted octanol–water partition coefficient (Wildman–Crippen LogP) is 1.99. The van der Waals surface area contributed by atoms with Gasteiger partial charge >= 0.3 is 0 Å². The molecule has 1 aliphatic carbocycles. The van der Waals surface area contributed by atoms with Crippen molar-refractivity contribution in [3.63, 3.8) is 0 Å². The minimum Gasteiger partial charge on any atom is -0.454 e. The number of ketones is 1. The van der Waals surface area contributed by atoms with Crippen LogP contribution in [0.5, 0.6) is 11.5 Å². The van der Waals surface area contributed by atoms with Gasteiger partial charge in [-0.25, -0.2) is 0 Å². The number of nitrogens with zero attached hydrogens (tertiary/aromatic N) is 1. The maximum atomic E-state index is 12.8. The van der Waals surface area contributed by atoms with E-state index >= 15 is 0 Å². The number of hydrogen-bond acceptors (Lipinski definition) is 4. The van der Waals surface area contributed by atoms with Gasteiger partial charge in [0.25, 0.3) is 0 Å². The first-order chi connectivity index (χ1) is 9.79. The summed E-state index contributed by atoms with van der Waals surface area (Å²) >= 11 is 0. The first-order valence-corrected chi connectivity index (χ1v) is 7.49. The molecule has 0 aromatic heterocycles. The zero-order valence-corrected chi connectivity index (χ0v) is 11.4. The molecule has 0 radical (unpaired) electrons. The fraction of sp³-hybridized carbons (Fsp3) is 0.562. The Bertz CT molecular complexity index is 626. The molecule has 1 aromatic carbocycles. The van der Waals surface area contributed by atoms with E-state index in [2.05, 4.69) is 17.0 Å². The molecule has 4 nitrogen and oxygen atoms in total. The highest BCUT2D eigenvalue weighted by Crippen LogP contribution is 2.53.